The lowest BCUT2D eigenvalue weighted by molar-refractivity contribution is -0.384. The average molecular weight is 355 g/mol. The molecule has 3 aromatic rings. The first-order chi connectivity index (χ1) is 12.4. The SMILES string of the molecule is COc1ccc(NC(=O)c2c(O)c3cc([N+](=O)[O-])ccc3[nH]c2=O)cc1. The molecular weight excluding hydrogens is 342 g/mol. The third-order valence-corrected chi connectivity index (χ3v) is 3.76. The smallest absolute Gasteiger partial charge is 0.270 e. The molecule has 0 fully saturated rings. The molecule has 1 heterocycles. The van der Waals surface area contributed by atoms with Crippen LogP contribution >= 0.6 is 0 Å². The lowest BCUT2D eigenvalue weighted by Crippen LogP contribution is -2.23. The fraction of sp³-hybridized carbons (Fsp3) is 0.0588. The number of anilines is 1. The van der Waals surface area contributed by atoms with Crippen molar-refractivity contribution in [3.8, 4) is 11.5 Å². The van der Waals surface area contributed by atoms with Crippen LogP contribution in [0.2, 0.25) is 0 Å². The van der Waals surface area contributed by atoms with Crippen LogP contribution in [-0.4, -0.2) is 28.0 Å². The molecule has 0 aliphatic heterocycles. The Morgan fingerprint density at radius 2 is 1.92 bits per heavy atom. The normalized spacial score (nSPS) is 10.5. The molecule has 3 N–H and O–H groups in total. The van der Waals surface area contributed by atoms with Gasteiger partial charge in [0.15, 0.2) is 0 Å². The summed E-state index contributed by atoms with van der Waals surface area (Å²) in [5.74, 6) is -0.887. The second kappa shape index (κ2) is 6.55. The van der Waals surface area contributed by atoms with Gasteiger partial charge < -0.3 is 20.1 Å². The second-order valence-electron chi connectivity index (χ2n) is 5.35. The first kappa shape index (κ1) is 17.0. The number of non-ortho nitro benzene ring substituents is 1. The van der Waals surface area contributed by atoms with Crippen molar-refractivity contribution in [2.24, 2.45) is 0 Å². The third kappa shape index (κ3) is 3.05. The molecule has 0 atom stereocenters. The number of nitro benzene ring substituents is 1. The lowest BCUT2D eigenvalue weighted by Gasteiger charge is -2.09. The van der Waals surface area contributed by atoms with E-state index in [2.05, 4.69) is 10.3 Å². The highest BCUT2D eigenvalue weighted by Crippen LogP contribution is 2.29. The first-order valence-electron chi connectivity index (χ1n) is 7.39. The van der Waals surface area contributed by atoms with E-state index < -0.39 is 27.7 Å². The zero-order chi connectivity index (χ0) is 18.8. The van der Waals surface area contributed by atoms with Gasteiger partial charge in [-0.15, -0.1) is 0 Å². The predicted octanol–water partition coefficient (Wildman–Crippen LogP) is 2.40. The number of pyridine rings is 1. The molecule has 0 spiro atoms. The van der Waals surface area contributed by atoms with E-state index in [1.807, 2.05) is 0 Å². The summed E-state index contributed by atoms with van der Waals surface area (Å²) in [6.45, 7) is 0. The number of hydrogen-bond acceptors (Lipinski definition) is 6. The number of fused-ring (bicyclic) bond motifs is 1. The number of ether oxygens (including phenoxy) is 1. The Morgan fingerprint density at radius 3 is 2.54 bits per heavy atom. The van der Waals surface area contributed by atoms with Gasteiger partial charge in [0, 0.05) is 23.2 Å². The maximum Gasteiger partial charge on any atom is 0.270 e. The minimum atomic E-state index is -0.845. The molecule has 0 saturated heterocycles. The number of carbonyl (C=O) groups is 1. The van der Waals surface area contributed by atoms with E-state index in [0.29, 0.717) is 11.4 Å². The molecule has 0 aliphatic carbocycles. The Hall–Kier alpha value is -3.88. The summed E-state index contributed by atoms with van der Waals surface area (Å²) in [5.41, 5.74) is -1.06. The van der Waals surface area contributed by atoms with Crippen LogP contribution in [0.25, 0.3) is 10.9 Å². The molecule has 0 aliphatic rings. The standard InChI is InChI=1S/C17H13N3O6/c1-26-11-5-2-9(3-6-11)18-16(22)14-15(21)12-8-10(20(24)25)4-7-13(12)19-17(14)23/h2-8H,1H3,(H,18,22)(H2,19,21,23). The number of nitrogens with zero attached hydrogens (tertiary/aromatic N) is 1. The van der Waals surface area contributed by atoms with Gasteiger partial charge in [-0.05, 0) is 30.3 Å². The number of aromatic nitrogens is 1. The topological polar surface area (TPSA) is 135 Å². The fourth-order valence-electron chi connectivity index (χ4n) is 2.46. The van der Waals surface area contributed by atoms with Gasteiger partial charge in [-0.2, -0.15) is 0 Å². The Morgan fingerprint density at radius 1 is 1.23 bits per heavy atom. The van der Waals surface area contributed by atoms with Gasteiger partial charge in [0.2, 0.25) is 0 Å². The number of H-pyrrole nitrogens is 1. The molecule has 0 unspecified atom stereocenters. The van der Waals surface area contributed by atoms with Gasteiger partial charge in [-0.1, -0.05) is 0 Å². The van der Waals surface area contributed by atoms with Crippen molar-refractivity contribution in [3.63, 3.8) is 0 Å². The first-order valence-corrected chi connectivity index (χ1v) is 7.39. The highest BCUT2D eigenvalue weighted by atomic mass is 16.6. The summed E-state index contributed by atoms with van der Waals surface area (Å²) in [4.78, 5) is 37.3. The van der Waals surface area contributed by atoms with Crippen LogP contribution < -0.4 is 15.6 Å². The zero-order valence-electron chi connectivity index (χ0n) is 13.5. The van der Waals surface area contributed by atoms with Gasteiger partial charge in [0.1, 0.15) is 17.1 Å². The second-order valence-corrected chi connectivity index (χ2v) is 5.35. The molecule has 26 heavy (non-hydrogen) atoms. The highest BCUT2D eigenvalue weighted by Gasteiger charge is 2.21. The van der Waals surface area contributed by atoms with Crippen molar-refractivity contribution < 1.29 is 19.6 Å². The summed E-state index contributed by atoms with van der Waals surface area (Å²) in [6.07, 6.45) is 0. The van der Waals surface area contributed by atoms with E-state index in [1.165, 1.54) is 19.2 Å². The van der Waals surface area contributed by atoms with Crippen molar-refractivity contribution in [3.05, 3.63) is 68.5 Å². The van der Waals surface area contributed by atoms with E-state index in [0.717, 1.165) is 6.07 Å². The largest absolute Gasteiger partial charge is 0.506 e. The summed E-state index contributed by atoms with van der Waals surface area (Å²) in [7, 11) is 1.50. The fourth-order valence-corrected chi connectivity index (χ4v) is 2.46. The highest BCUT2D eigenvalue weighted by molar-refractivity contribution is 6.09. The number of rotatable bonds is 4. The number of aromatic amines is 1. The Bertz CT molecular complexity index is 1070. The molecule has 1 amide bonds. The molecule has 2 aromatic carbocycles. The van der Waals surface area contributed by atoms with E-state index in [1.54, 1.807) is 24.3 Å². The molecular formula is C17H13N3O6. The quantitative estimate of drug-likeness (QED) is 0.486. The minimum Gasteiger partial charge on any atom is -0.506 e. The van der Waals surface area contributed by atoms with E-state index in [9.17, 15) is 24.8 Å². The third-order valence-electron chi connectivity index (χ3n) is 3.76. The van der Waals surface area contributed by atoms with Gasteiger partial charge in [0.25, 0.3) is 17.2 Å². The van der Waals surface area contributed by atoms with E-state index in [4.69, 9.17) is 4.74 Å². The molecule has 9 nitrogen and oxygen atoms in total. The Labute approximate surface area is 146 Å². The van der Waals surface area contributed by atoms with Crippen molar-refractivity contribution in [1.29, 1.82) is 0 Å². The van der Waals surface area contributed by atoms with Crippen LogP contribution in [0.15, 0.2) is 47.3 Å². The Balaban J connectivity index is 2.03. The number of nitrogens with one attached hydrogen (secondary N) is 2. The molecule has 0 saturated carbocycles. The van der Waals surface area contributed by atoms with Crippen LogP contribution in [0.4, 0.5) is 11.4 Å². The van der Waals surface area contributed by atoms with Crippen LogP contribution in [0.5, 0.6) is 11.5 Å². The number of methoxy groups -OCH3 is 1. The molecule has 0 radical (unpaired) electrons. The van der Waals surface area contributed by atoms with E-state index >= 15 is 0 Å². The summed E-state index contributed by atoms with van der Waals surface area (Å²) >= 11 is 0. The molecule has 0 bridgehead atoms. The number of benzene rings is 2. The predicted molar refractivity (Wildman–Crippen MR) is 93.8 cm³/mol. The number of aromatic hydroxyl groups is 1. The van der Waals surface area contributed by atoms with Crippen molar-refractivity contribution >= 4 is 28.2 Å². The number of hydrogen-bond donors (Lipinski definition) is 3. The monoisotopic (exact) mass is 355 g/mol. The van der Waals surface area contributed by atoms with Crippen molar-refractivity contribution in [2.75, 3.05) is 12.4 Å². The number of nitro groups is 1. The van der Waals surface area contributed by atoms with Crippen molar-refractivity contribution in [2.45, 2.75) is 0 Å². The van der Waals surface area contributed by atoms with Gasteiger partial charge in [-0.3, -0.25) is 19.7 Å². The average Bonchev–Trinajstić information content (AvgIpc) is 2.62. The molecule has 9 heteroatoms. The molecule has 1 aromatic heterocycles. The number of amides is 1. The lowest BCUT2D eigenvalue weighted by atomic mass is 10.1. The minimum absolute atomic E-state index is 0.00122. The summed E-state index contributed by atoms with van der Waals surface area (Å²) < 4.78 is 5.01. The van der Waals surface area contributed by atoms with Crippen molar-refractivity contribution in [1.82, 2.24) is 4.98 Å². The molecule has 3 rings (SSSR count). The number of carbonyl (C=O) groups excluding carboxylic acids is 1. The van der Waals surface area contributed by atoms with Gasteiger partial charge >= 0.3 is 0 Å². The Kier molecular flexibility index (Phi) is 4.27. The van der Waals surface area contributed by atoms with Gasteiger partial charge in [0.05, 0.1) is 17.5 Å². The maximum absolute atomic E-state index is 12.4. The summed E-state index contributed by atoms with van der Waals surface area (Å²) in [5, 5.41) is 23.7. The summed E-state index contributed by atoms with van der Waals surface area (Å²) in [6, 6.07) is 9.92. The van der Waals surface area contributed by atoms with Crippen LogP contribution in [0.1, 0.15) is 10.4 Å². The van der Waals surface area contributed by atoms with Crippen LogP contribution in [-0.2, 0) is 0 Å². The van der Waals surface area contributed by atoms with E-state index in [-0.39, 0.29) is 16.6 Å². The van der Waals surface area contributed by atoms with Crippen LogP contribution in [0, 0.1) is 10.1 Å². The maximum atomic E-state index is 12.4. The zero-order valence-corrected chi connectivity index (χ0v) is 13.5. The van der Waals surface area contributed by atoms with Crippen LogP contribution in [0.3, 0.4) is 0 Å². The molecule has 132 valence electrons. The van der Waals surface area contributed by atoms with Gasteiger partial charge in [-0.25, -0.2) is 0 Å².